The minimum Gasteiger partial charge on any atom is -0.371 e. The van der Waals surface area contributed by atoms with E-state index in [4.69, 9.17) is 14.0 Å². The van der Waals surface area contributed by atoms with Gasteiger partial charge in [0.2, 0.25) is 5.89 Å². The van der Waals surface area contributed by atoms with E-state index in [-0.39, 0.29) is 11.7 Å². The van der Waals surface area contributed by atoms with Gasteiger partial charge in [-0.15, -0.1) is 0 Å². The molecule has 1 atom stereocenters. The Labute approximate surface area is 101 Å². The fraction of sp³-hybridized carbons (Fsp3) is 0.818. The summed E-state index contributed by atoms with van der Waals surface area (Å²) >= 11 is 0. The van der Waals surface area contributed by atoms with Crippen molar-refractivity contribution < 1.29 is 14.0 Å². The summed E-state index contributed by atoms with van der Waals surface area (Å²) in [6.07, 6.45) is 0.0757. The average molecular weight is 241 g/mol. The van der Waals surface area contributed by atoms with E-state index in [9.17, 15) is 0 Å². The van der Waals surface area contributed by atoms with Crippen molar-refractivity contribution in [3.05, 3.63) is 11.7 Å². The Morgan fingerprint density at radius 2 is 2.35 bits per heavy atom. The summed E-state index contributed by atoms with van der Waals surface area (Å²) in [5.74, 6) is 1.13. The zero-order chi connectivity index (χ0) is 12.3. The van der Waals surface area contributed by atoms with Crippen molar-refractivity contribution in [3.63, 3.8) is 0 Å². The number of hydrogen-bond donors (Lipinski definition) is 1. The average Bonchev–Trinajstić information content (AvgIpc) is 2.63. The number of nitrogens with zero attached hydrogens (tertiary/aromatic N) is 2. The summed E-state index contributed by atoms with van der Waals surface area (Å²) in [5.41, 5.74) is -0.130. The van der Waals surface area contributed by atoms with E-state index >= 15 is 0 Å². The van der Waals surface area contributed by atoms with Crippen LogP contribution in [0.5, 0.6) is 0 Å². The molecule has 17 heavy (non-hydrogen) atoms. The summed E-state index contributed by atoms with van der Waals surface area (Å²) in [7, 11) is 0. The molecule has 0 aliphatic carbocycles. The molecule has 1 N–H and O–H groups in total. The lowest BCUT2D eigenvalue weighted by Crippen LogP contribution is -2.51. The van der Waals surface area contributed by atoms with Gasteiger partial charge in [-0.1, -0.05) is 5.16 Å². The standard InChI is InChI=1S/C11H19N3O3/c1-8-13-10(14-17-8)6-15-5-9-4-12-7-11(2,3)16-9/h9,12H,4-7H2,1-3H3. The first-order valence-corrected chi connectivity index (χ1v) is 5.81. The van der Waals surface area contributed by atoms with Crippen molar-refractivity contribution in [2.45, 2.75) is 39.1 Å². The molecule has 2 heterocycles. The molecule has 0 saturated carbocycles. The first-order valence-electron chi connectivity index (χ1n) is 5.81. The minimum atomic E-state index is -0.130. The Bertz CT molecular complexity index is 365. The van der Waals surface area contributed by atoms with Gasteiger partial charge in [0.05, 0.1) is 18.3 Å². The van der Waals surface area contributed by atoms with E-state index in [2.05, 4.69) is 29.3 Å². The van der Waals surface area contributed by atoms with Crippen molar-refractivity contribution in [3.8, 4) is 0 Å². The highest BCUT2D eigenvalue weighted by Gasteiger charge is 2.28. The second-order valence-electron chi connectivity index (χ2n) is 4.88. The van der Waals surface area contributed by atoms with E-state index < -0.39 is 0 Å². The van der Waals surface area contributed by atoms with Crippen LogP contribution in [0.15, 0.2) is 4.52 Å². The molecular weight excluding hydrogens is 222 g/mol. The second-order valence-corrected chi connectivity index (χ2v) is 4.88. The number of ether oxygens (including phenoxy) is 2. The number of rotatable bonds is 4. The molecule has 1 unspecified atom stereocenters. The van der Waals surface area contributed by atoms with Crippen molar-refractivity contribution in [1.82, 2.24) is 15.5 Å². The molecule has 1 saturated heterocycles. The number of nitrogens with one attached hydrogen (secondary N) is 1. The van der Waals surface area contributed by atoms with Crippen LogP contribution in [0.2, 0.25) is 0 Å². The highest BCUT2D eigenvalue weighted by atomic mass is 16.5. The first-order chi connectivity index (χ1) is 8.05. The Morgan fingerprint density at radius 1 is 1.53 bits per heavy atom. The van der Waals surface area contributed by atoms with Crippen LogP contribution in [0.4, 0.5) is 0 Å². The zero-order valence-electron chi connectivity index (χ0n) is 10.5. The van der Waals surface area contributed by atoms with Crippen LogP contribution in [0.3, 0.4) is 0 Å². The SMILES string of the molecule is Cc1nc(COCC2CNCC(C)(C)O2)no1. The Hall–Kier alpha value is -0.980. The van der Waals surface area contributed by atoms with Gasteiger partial charge >= 0.3 is 0 Å². The van der Waals surface area contributed by atoms with Crippen molar-refractivity contribution in [2.75, 3.05) is 19.7 Å². The molecule has 1 fully saturated rings. The maximum Gasteiger partial charge on any atom is 0.223 e. The number of morpholine rings is 1. The molecular formula is C11H19N3O3. The smallest absolute Gasteiger partial charge is 0.223 e. The predicted octanol–water partition coefficient (Wildman–Crippen LogP) is 0.662. The molecule has 2 rings (SSSR count). The van der Waals surface area contributed by atoms with Crippen LogP contribution < -0.4 is 5.32 Å². The van der Waals surface area contributed by atoms with E-state index in [1.165, 1.54) is 0 Å². The summed E-state index contributed by atoms with van der Waals surface area (Å²) in [4.78, 5) is 4.06. The van der Waals surface area contributed by atoms with Crippen molar-refractivity contribution >= 4 is 0 Å². The van der Waals surface area contributed by atoms with Crippen LogP contribution >= 0.6 is 0 Å². The molecule has 1 aliphatic rings. The molecule has 1 aromatic rings. The topological polar surface area (TPSA) is 69.4 Å². The third-order valence-electron chi connectivity index (χ3n) is 2.51. The molecule has 6 heteroatoms. The Balaban J connectivity index is 1.71. The largest absolute Gasteiger partial charge is 0.371 e. The third-order valence-corrected chi connectivity index (χ3v) is 2.51. The van der Waals surface area contributed by atoms with E-state index in [1.807, 2.05) is 0 Å². The fourth-order valence-electron chi connectivity index (χ4n) is 1.84. The summed E-state index contributed by atoms with van der Waals surface area (Å²) in [5, 5.41) is 7.08. The number of hydrogen-bond acceptors (Lipinski definition) is 6. The van der Waals surface area contributed by atoms with Crippen LogP contribution in [0, 0.1) is 6.92 Å². The highest BCUT2D eigenvalue weighted by molar-refractivity contribution is 4.83. The maximum absolute atomic E-state index is 5.87. The van der Waals surface area contributed by atoms with Crippen molar-refractivity contribution in [2.24, 2.45) is 0 Å². The molecule has 0 spiro atoms. The third kappa shape index (κ3) is 3.76. The van der Waals surface area contributed by atoms with Crippen LogP contribution in [0.1, 0.15) is 25.6 Å². The molecule has 1 aromatic heterocycles. The molecule has 6 nitrogen and oxygen atoms in total. The molecule has 96 valence electrons. The highest BCUT2D eigenvalue weighted by Crippen LogP contribution is 2.15. The Morgan fingerprint density at radius 3 is 3.00 bits per heavy atom. The van der Waals surface area contributed by atoms with E-state index in [1.54, 1.807) is 6.92 Å². The number of aryl methyl sites for hydroxylation is 1. The van der Waals surface area contributed by atoms with Gasteiger partial charge in [-0.3, -0.25) is 0 Å². The lowest BCUT2D eigenvalue weighted by molar-refractivity contribution is -0.122. The monoisotopic (exact) mass is 241 g/mol. The van der Waals surface area contributed by atoms with Gasteiger partial charge in [0.1, 0.15) is 6.61 Å². The van der Waals surface area contributed by atoms with Crippen LogP contribution in [-0.4, -0.2) is 41.5 Å². The van der Waals surface area contributed by atoms with Gasteiger partial charge in [0, 0.05) is 20.0 Å². The van der Waals surface area contributed by atoms with Gasteiger partial charge in [0.15, 0.2) is 5.82 Å². The molecule has 0 radical (unpaired) electrons. The normalized spacial score (nSPS) is 23.8. The predicted molar refractivity (Wildman–Crippen MR) is 60.5 cm³/mol. The van der Waals surface area contributed by atoms with Gasteiger partial charge in [-0.2, -0.15) is 4.98 Å². The first kappa shape index (κ1) is 12.5. The van der Waals surface area contributed by atoms with Gasteiger partial charge in [-0.25, -0.2) is 0 Å². The molecule has 0 bridgehead atoms. The zero-order valence-corrected chi connectivity index (χ0v) is 10.5. The van der Waals surface area contributed by atoms with Gasteiger partial charge in [-0.05, 0) is 13.8 Å². The minimum absolute atomic E-state index is 0.0757. The Kier molecular flexibility index (Phi) is 3.76. The van der Waals surface area contributed by atoms with Gasteiger partial charge < -0.3 is 19.3 Å². The molecule has 1 aliphatic heterocycles. The second kappa shape index (κ2) is 5.12. The van der Waals surface area contributed by atoms with Crippen LogP contribution in [-0.2, 0) is 16.1 Å². The quantitative estimate of drug-likeness (QED) is 0.835. The van der Waals surface area contributed by atoms with Crippen molar-refractivity contribution in [1.29, 1.82) is 0 Å². The lowest BCUT2D eigenvalue weighted by Gasteiger charge is -2.36. The molecule has 0 aromatic carbocycles. The fourth-order valence-corrected chi connectivity index (χ4v) is 1.84. The van der Waals surface area contributed by atoms with E-state index in [0.29, 0.717) is 24.9 Å². The summed E-state index contributed by atoms with van der Waals surface area (Å²) in [6.45, 7) is 8.46. The summed E-state index contributed by atoms with van der Waals surface area (Å²) in [6, 6.07) is 0. The maximum atomic E-state index is 5.87. The molecule has 0 amide bonds. The van der Waals surface area contributed by atoms with E-state index in [0.717, 1.165) is 13.1 Å². The summed E-state index contributed by atoms with van der Waals surface area (Å²) < 4.78 is 16.2. The lowest BCUT2D eigenvalue weighted by atomic mass is 10.1. The van der Waals surface area contributed by atoms with Crippen LogP contribution in [0.25, 0.3) is 0 Å². The van der Waals surface area contributed by atoms with Gasteiger partial charge in [0.25, 0.3) is 0 Å². The number of aromatic nitrogens is 2.